The molecule has 1 unspecified atom stereocenters. The Kier molecular flexibility index (Phi) is 3.39. The van der Waals surface area contributed by atoms with E-state index in [2.05, 4.69) is 10.3 Å². The van der Waals surface area contributed by atoms with Gasteiger partial charge in [-0.2, -0.15) is 0 Å². The second-order valence-corrected chi connectivity index (χ2v) is 4.83. The molecule has 0 bridgehead atoms. The lowest BCUT2D eigenvalue weighted by Gasteiger charge is -2.29. The van der Waals surface area contributed by atoms with Crippen LogP contribution in [-0.2, 0) is 0 Å². The third-order valence-electron chi connectivity index (χ3n) is 3.33. The van der Waals surface area contributed by atoms with E-state index in [1.165, 1.54) is 0 Å². The van der Waals surface area contributed by atoms with Crippen molar-refractivity contribution in [2.24, 2.45) is 0 Å². The van der Waals surface area contributed by atoms with E-state index in [0.717, 1.165) is 23.0 Å². The van der Waals surface area contributed by atoms with E-state index in [1.54, 1.807) is 6.20 Å². The molecule has 4 heteroatoms. The molecule has 1 aromatic heterocycles. The maximum atomic E-state index is 9.46. The first-order valence-electron chi connectivity index (χ1n) is 6.11. The molecule has 0 aliphatic carbocycles. The number of rotatable bonds is 4. The Hall–Kier alpha value is -1.81. The number of anilines is 2. The van der Waals surface area contributed by atoms with Crippen LogP contribution in [-0.4, -0.2) is 22.2 Å². The number of nitrogen functional groups attached to an aromatic ring is 1. The van der Waals surface area contributed by atoms with Gasteiger partial charge in [0.15, 0.2) is 0 Å². The molecule has 0 amide bonds. The molecule has 0 radical (unpaired) electrons. The van der Waals surface area contributed by atoms with Crippen LogP contribution in [0.25, 0.3) is 10.9 Å². The van der Waals surface area contributed by atoms with Gasteiger partial charge in [-0.05, 0) is 37.6 Å². The third-order valence-corrected chi connectivity index (χ3v) is 3.33. The van der Waals surface area contributed by atoms with Crippen molar-refractivity contribution in [1.29, 1.82) is 0 Å². The highest BCUT2D eigenvalue weighted by Crippen LogP contribution is 2.26. The zero-order chi connectivity index (χ0) is 13.2. The minimum Gasteiger partial charge on any atom is -0.399 e. The van der Waals surface area contributed by atoms with Crippen molar-refractivity contribution in [2.45, 2.75) is 25.8 Å². The van der Waals surface area contributed by atoms with Crippen LogP contribution in [0.5, 0.6) is 0 Å². The summed E-state index contributed by atoms with van der Waals surface area (Å²) in [6, 6.07) is 7.58. The molecule has 0 saturated carbocycles. The van der Waals surface area contributed by atoms with Crippen molar-refractivity contribution in [2.75, 3.05) is 17.7 Å². The van der Waals surface area contributed by atoms with Gasteiger partial charge in [-0.3, -0.25) is 4.98 Å². The fourth-order valence-corrected chi connectivity index (χ4v) is 1.84. The summed E-state index contributed by atoms with van der Waals surface area (Å²) in [7, 11) is 0. The Morgan fingerprint density at radius 1 is 1.39 bits per heavy atom. The van der Waals surface area contributed by atoms with Gasteiger partial charge in [0.05, 0.1) is 17.7 Å². The molecule has 4 nitrogen and oxygen atoms in total. The minimum atomic E-state index is -0.324. The van der Waals surface area contributed by atoms with Gasteiger partial charge >= 0.3 is 0 Å². The lowest BCUT2D eigenvalue weighted by Crippen LogP contribution is -2.38. The number of hydrogen-bond acceptors (Lipinski definition) is 4. The van der Waals surface area contributed by atoms with Crippen LogP contribution in [0.3, 0.4) is 0 Å². The lowest BCUT2D eigenvalue weighted by molar-refractivity contribution is 0.219. The first-order chi connectivity index (χ1) is 8.58. The van der Waals surface area contributed by atoms with E-state index in [9.17, 15) is 5.11 Å². The molecule has 1 atom stereocenters. The van der Waals surface area contributed by atoms with Crippen molar-refractivity contribution >= 4 is 22.3 Å². The van der Waals surface area contributed by atoms with Crippen LogP contribution in [0.15, 0.2) is 30.5 Å². The zero-order valence-corrected chi connectivity index (χ0v) is 10.8. The predicted molar refractivity (Wildman–Crippen MR) is 75.6 cm³/mol. The lowest BCUT2D eigenvalue weighted by atomic mass is 9.99. The Morgan fingerprint density at radius 3 is 2.83 bits per heavy atom. The van der Waals surface area contributed by atoms with Crippen LogP contribution in [0.4, 0.5) is 11.4 Å². The Morgan fingerprint density at radius 2 is 2.17 bits per heavy atom. The fourth-order valence-electron chi connectivity index (χ4n) is 1.84. The van der Waals surface area contributed by atoms with Gasteiger partial charge in [0.25, 0.3) is 0 Å². The van der Waals surface area contributed by atoms with Gasteiger partial charge in [0.1, 0.15) is 0 Å². The number of nitrogens with two attached hydrogens (primary N) is 1. The summed E-state index contributed by atoms with van der Waals surface area (Å²) in [5.41, 5.74) is 7.96. The average Bonchev–Trinajstić information content (AvgIpc) is 2.38. The second kappa shape index (κ2) is 4.82. The summed E-state index contributed by atoms with van der Waals surface area (Å²) in [4.78, 5) is 4.30. The summed E-state index contributed by atoms with van der Waals surface area (Å²) in [5.74, 6) is 0. The van der Waals surface area contributed by atoms with Crippen molar-refractivity contribution in [3.05, 3.63) is 30.5 Å². The summed E-state index contributed by atoms with van der Waals surface area (Å²) < 4.78 is 0. The van der Waals surface area contributed by atoms with Gasteiger partial charge in [0.2, 0.25) is 0 Å². The van der Waals surface area contributed by atoms with E-state index in [4.69, 9.17) is 5.73 Å². The number of hydrogen-bond donors (Lipinski definition) is 3. The van der Waals surface area contributed by atoms with Crippen molar-refractivity contribution in [3.63, 3.8) is 0 Å². The monoisotopic (exact) mass is 245 g/mol. The standard InChI is InChI=1S/C14H19N3O/c1-3-14(2,9-18)17-12-6-7-16-13-8-10(15)4-5-11(12)13/h4-8,18H,3,9,15H2,1-2H3,(H,16,17). The summed E-state index contributed by atoms with van der Waals surface area (Å²) in [6.45, 7) is 4.13. The molecule has 0 aliphatic heterocycles. The molecular formula is C14H19N3O. The number of aliphatic hydroxyl groups is 1. The fraction of sp³-hybridized carbons (Fsp3) is 0.357. The SMILES string of the molecule is CCC(C)(CO)Nc1ccnc2cc(N)ccc12. The number of aromatic nitrogens is 1. The summed E-state index contributed by atoms with van der Waals surface area (Å²) in [6.07, 6.45) is 2.58. The quantitative estimate of drug-likeness (QED) is 0.723. The molecular weight excluding hydrogens is 226 g/mol. The molecule has 1 heterocycles. The highest BCUT2D eigenvalue weighted by molar-refractivity contribution is 5.92. The van der Waals surface area contributed by atoms with Crippen molar-refractivity contribution in [1.82, 2.24) is 4.98 Å². The Bertz CT molecular complexity index is 550. The van der Waals surface area contributed by atoms with Crippen LogP contribution in [0, 0.1) is 0 Å². The van der Waals surface area contributed by atoms with Crippen molar-refractivity contribution in [3.8, 4) is 0 Å². The molecule has 2 rings (SSSR count). The number of aliphatic hydroxyl groups excluding tert-OH is 1. The maximum absolute atomic E-state index is 9.46. The Balaban J connectivity index is 2.45. The normalized spacial score (nSPS) is 14.4. The third kappa shape index (κ3) is 2.38. The second-order valence-electron chi connectivity index (χ2n) is 4.83. The molecule has 96 valence electrons. The Labute approximate surface area is 107 Å². The number of nitrogens with zero attached hydrogens (tertiary/aromatic N) is 1. The first kappa shape index (κ1) is 12.6. The number of benzene rings is 1. The summed E-state index contributed by atoms with van der Waals surface area (Å²) in [5, 5.41) is 13.9. The number of pyridine rings is 1. The minimum absolute atomic E-state index is 0.0856. The molecule has 0 fully saturated rings. The highest BCUT2D eigenvalue weighted by Gasteiger charge is 2.21. The van der Waals surface area contributed by atoms with Crippen LogP contribution in [0.2, 0.25) is 0 Å². The molecule has 1 aromatic carbocycles. The average molecular weight is 245 g/mol. The van der Waals surface area contributed by atoms with Gasteiger partial charge in [-0.25, -0.2) is 0 Å². The van der Waals surface area contributed by atoms with Gasteiger partial charge in [0, 0.05) is 23.0 Å². The van der Waals surface area contributed by atoms with Crippen LogP contribution < -0.4 is 11.1 Å². The van der Waals surface area contributed by atoms with E-state index in [-0.39, 0.29) is 12.1 Å². The molecule has 18 heavy (non-hydrogen) atoms. The zero-order valence-electron chi connectivity index (χ0n) is 10.8. The summed E-state index contributed by atoms with van der Waals surface area (Å²) >= 11 is 0. The van der Waals surface area contributed by atoms with Crippen LogP contribution in [0.1, 0.15) is 20.3 Å². The largest absolute Gasteiger partial charge is 0.399 e. The van der Waals surface area contributed by atoms with E-state index in [1.807, 2.05) is 38.1 Å². The van der Waals surface area contributed by atoms with E-state index < -0.39 is 0 Å². The number of nitrogens with one attached hydrogen (secondary N) is 1. The molecule has 0 saturated heterocycles. The van der Waals surface area contributed by atoms with Gasteiger partial charge < -0.3 is 16.2 Å². The maximum Gasteiger partial charge on any atom is 0.0743 e. The first-order valence-corrected chi connectivity index (χ1v) is 6.11. The molecule has 0 spiro atoms. The number of fused-ring (bicyclic) bond motifs is 1. The van der Waals surface area contributed by atoms with Gasteiger partial charge in [-0.15, -0.1) is 0 Å². The smallest absolute Gasteiger partial charge is 0.0743 e. The van der Waals surface area contributed by atoms with E-state index >= 15 is 0 Å². The molecule has 2 aromatic rings. The van der Waals surface area contributed by atoms with Crippen LogP contribution >= 0.6 is 0 Å². The predicted octanol–water partition coefficient (Wildman–Crippen LogP) is 2.39. The molecule has 4 N–H and O–H groups in total. The topological polar surface area (TPSA) is 71.2 Å². The van der Waals surface area contributed by atoms with E-state index in [0.29, 0.717) is 5.69 Å². The van der Waals surface area contributed by atoms with Crippen molar-refractivity contribution < 1.29 is 5.11 Å². The highest BCUT2D eigenvalue weighted by atomic mass is 16.3. The van der Waals surface area contributed by atoms with Gasteiger partial charge in [-0.1, -0.05) is 6.92 Å². The molecule has 0 aliphatic rings.